The molecule has 0 atom stereocenters. The third-order valence-corrected chi connectivity index (χ3v) is 2.87. The second-order valence-electron chi connectivity index (χ2n) is 3.58. The highest BCUT2D eigenvalue weighted by Crippen LogP contribution is 2.19. The van der Waals surface area contributed by atoms with E-state index in [1.807, 2.05) is 4.90 Å². The van der Waals surface area contributed by atoms with Gasteiger partial charge in [0.15, 0.2) is 4.67 Å². The van der Waals surface area contributed by atoms with E-state index in [1.54, 1.807) is 12.1 Å². The Morgan fingerprint density at radius 2 is 2.07 bits per heavy atom. The zero-order chi connectivity index (χ0) is 10.7. The lowest BCUT2D eigenvalue weighted by Crippen LogP contribution is -2.38. The highest BCUT2D eigenvalue weighted by atomic mass is 79.9. The molecule has 5 heteroatoms. The number of carbonyl (C=O) groups is 1. The monoisotopic (exact) mass is 272 g/mol. The molecule has 1 aromatic heterocycles. The SMILES string of the molecule is O=C(Nc1ccc(Br)o1)N1CCCCC1. The maximum absolute atomic E-state index is 11.7. The minimum absolute atomic E-state index is 0.0726. The molecule has 82 valence electrons. The minimum atomic E-state index is -0.0726. The van der Waals surface area contributed by atoms with E-state index in [9.17, 15) is 4.79 Å². The Balaban J connectivity index is 1.91. The number of nitrogens with one attached hydrogen (secondary N) is 1. The van der Waals surface area contributed by atoms with Crippen molar-refractivity contribution >= 4 is 27.8 Å². The maximum atomic E-state index is 11.7. The van der Waals surface area contributed by atoms with Gasteiger partial charge in [0.25, 0.3) is 0 Å². The number of rotatable bonds is 1. The lowest BCUT2D eigenvalue weighted by molar-refractivity contribution is 0.199. The first-order valence-corrected chi connectivity index (χ1v) is 5.86. The number of nitrogens with zero attached hydrogens (tertiary/aromatic N) is 1. The highest BCUT2D eigenvalue weighted by molar-refractivity contribution is 9.10. The van der Waals surface area contributed by atoms with Crippen LogP contribution in [0.25, 0.3) is 0 Å². The van der Waals surface area contributed by atoms with Crippen molar-refractivity contribution in [2.45, 2.75) is 19.3 Å². The summed E-state index contributed by atoms with van der Waals surface area (Å²) in [7, 11) is 0. The van der Waals surface area contributed by atoms with Gasteiger partial charge in [0.2, 0.25) is 5.88 Å². The van der Waals surface area contributed by atoms with Gasteiger partial charge in [-0.1, -0.05) is 0 Å². The number of anilines is 1. The molecule has 0 unspecified atom stereocenters. The smallest absolute Gasteiger partial charge is 0.324 e. The molecular weight excluding hydrogens is 260 g/mol. The average Bonchev–Trinajstić information content (AvgIpc) is 2.65. The molecule has 0 spiro atoms. The number of hydrogen-bond acceptors (Lipinski definition) is 2. The van der Waals surface area contributed by atoms with Crippen LogP contribution in [0.2, 0.25) is 0 Å². The number of hydrogen-bond donors (Lipinski definition) is 1. The van der Waals surface area contributed by atoms with Gasteiger partial charge >= 0.3 is 6.03 Å². The van der Waals surface area contributed by atoms with Crippen LogP contribution in [0.4, 0.5) is 10.7 Å². The Morgan fingerprint density at radius 1 is 1.33 bits per heavy atom. The largest absolute Gasteiger partial charge is 0.434 e. The van der Waals surface area contributed by atoms with Crippen LogP contribution in [0.5, 0.6) is 0 Å². The number of urea groups is 1. The zero-order valence-electron chi connectivity index (χ0n) is 8.33. The molecule has 2 amide bonds. The third kappa shape index (κ3) is 2.75. The Labute approximate surface area is 96.7 Å². The quantitative estimate of drug-likeness (QED) is 0.854. The number of furan rings is 1. The van der Waals surface area contributed by atoms with Crippen LogP contribution in [-0.2, 0) is 0 Å². The summed E-state index contributed by atoms with van der Waals surface area (Å²) >= 11 is 3.19. The average molecular weight is 273 g/mol. The molecule has 1 aromatic rings. The first-order valence-electron chi connectivity index (χ1n) is 5.07. The molecule has 1 saturated heterocycles. The molecule has 1 N–H and O–H groups in total. The van der Waals surface area contributed by atoms with Crippen LogP contribution in [-0.4, -0.2) is 24.0 Å². The van der Waals surface area contributed by atoms with Crippen LogP contribution >= 0.6 is 15.9 Å². The fraction of sp³-hybridized carbons (Fsp3) is 0.500. The molecule has 15 heavy (non-hydrogen) atoms. The number of likely N-dealkylation sites (tertiary alicyclic amines) is 1. The van der Waals surface area contributed by atoms with E-state index in [1.165, 1.54) is 6.42 Å². The van der Waals surface area contributed by atoms with E-state index >= 15 is 0 Å². The van der Waals surface area contributed by atoms with E-state index in [-0.39, 0.29) is 6.03 Å². The number of piperidine rings is 1. The van der Waals surface area contributed by atoms with Gasteiger partial charge in [0, 0.05) is 19.2 Å². The van der Waals surface area contributed by atoms with E-state index in [4.69, 9.17) is 4.42 Å². The first kappa shape index (κ1) is 10.5. The standard InChI is InChI=1S/C10H13BrN2O2/c11-8-4-5-9(15-8)12-10(14)13-6-2-1-3-7-13/h4-5H,1-3,6-7H2,(H,12,14). The lowest BCUT2D eigenvalue weighted by Gasteiger charge is -2.26. The summed E-state index contributed by atoms with van der Waals surface area (Å²) in [5.41, 5.74) is 0. The Bertz CT molecular complexity index is 345. The van der Waals surface area contributed by atoms with Gasteiger partial charge < -0.3 is 9.32 Å². The Hall–Kier alpha value is -0.970. The molecule has 1 fully saturated rings. The summed E-state index contributed by atoms with van der Waals surface area (Å²) in [6.07, 6.45) is 3.40. The van der Waals surface area contributed by atoms with Gasteiger partial charge in [0.1, 0.15) is 0 Å². The number of amides is 2. The van der Waals surface area contributed by atoms with E-state index in [0.29, 0.717) is 10.6 Å². The van der Waals surface area contributed by atoms with E-state index in [2.05, 4.69) is 21.2 Å². The maximum Gasteiger partial charge on any atom is 0.324 e. The van der Waals surface area contributed by atoms with Gasteiger partial charge in [-0.05, 0) is 41.3 Å². The van der Waals surface area contributed by atoms with Gasteiger partial charge in [0.05, 0.1) is 0 Å². The van der Waals surface area contributed by atoms with Crippen molar-refractivity contribution in [3.8, 4) is 0 Å². The molecule has 0 radical (unpaired) electrons. The number of carbonyl (C=O) groups excluding carboxylic acids is 1. The summed E-state index contributed by atoms with van der Waals surface area (Å²) < 4.78 is 5.82. The molecule has 0 aliphatic carbocycles. The zero-order valence-corrected chi connectivity index (χ0v) is 9.92. The molecule has 0 bridgehead atoms. The Morgan fingerprint density at radius 3 is 2.67 bits per heavy atom. The van der Waals surface area contributed by atoms with Crippen LogP contribution in [0.3, 0.4) is 0 Å². The summed E-state index contributed by atoms with van der Waals surface area (Å²) in [6, 6.07) is 3.41. The van der Waals surface area contributed by atoms with E-state index < -0.39 is 0 Å². The molecule has 1 aliphatic heterocycles. The normalized spacial score (nSPS) is 16.5. The van der Waals surface area contributed by atoms with Crippen LogP contribution < -0.4 is 5.32 Å². The molecule has 1 aliphatic rings. The number of halogens is 1. The topological polar surface area (TPSA) is 45.5 Å². The molecular formula is C10H13BrN2O2. The minimum Gasteiger partial charge on any atom is -0.434 e. The summed E-state index contributed by atoms with van der Waals surface area (Å²) in [5, 5.41) is 2.72. The van der Waals surface area contributed by atoms with Crippen molar-refractivity contribution in [1.29, 1.82) is 0 Å². The molecule has 2 heterocycles. The third-order valence-electron chi connectivity index (χ3n) is 2.45. The second-order valence-corrected chi connectivity index (χ2v) is 4.36. The van der Waals surface area contributed by atoms with Gasteiger partial charge in [-0.15, -0.1) is 0 Å². The molecule has 4 nitrogen and oxygen atoms in total. The van der Waals surface area contributed by atoms with Crippen molar-refractivity contribution in [2.75, 3.05) is 18.4 Å². The first-order chi connectivity index (χ1) is 7.25. The Kier molecular flexibility index (Phi) is 3.30. The summed E-state index contributed by atoms with van der Waals surface area (Å²) in [6.45, 7) is 1.68. The highest BCUT2D eigenvalue weighted by Gasteiger charge is 2.17. The lowest BCUT2D eigenvalue weighted by atomic mass is 10.1. The van der Waals surface area contributed by atoms with Crippen molar-refractivity contribution in [2.24, 2.45) is 0 Å². The van der Waals surface area contributed by atoms with Crippen molar-refractivity contribution in [1.82, 2.24) is 4.90 Å². The van der Waals surface area contributed by atoms with Crippen molar-refractivity contribution in [3.63, 3.8) is 0 Å². The van der Waals surface area contributed by atoms with Gasteiger partial charge in [-0.25, -0.2) is 4.79 Å². The van der Waals surface area contributed by atoms with Crippen LogP contribution in [0.1, 0.15) is 19.3 Å². The second kappa shape index (κ2) is 4.70. The van der Waals surface area contributed by atoms with Gasteiger partial charge in [-0.2, -0.15) is 0 Å². The summed E-state index contributed by atoms with van der Waals surface area (Å²) in [5.74, 6) is 0.484. The van der Waals surface area contributed by atoms with Gasteiger partial charge in [-0.3, -0.25) is 5.32 Å². The van der Waals surface area contributed by atoms with Crippen LogP contribution in [0.15, 0.2) is 21.2 Å². The van der Waals surface area contributed by atoms with E-state index in [0.717, 1.165) is 25.9 Å². The summed E-state index contributed by atoms with van der Waals surface area (Å²) in [4.78, 5) is 13.5. The molecule has 2 rings (SSSR count). The van der Waals surface area contributed by atoms with Crippen molar-refractivity contribution < 1.29 is 9.21 Å². The predicted molar refractivity (Wildman–Crippen MR) is 60.9 cm³/mol. The van der Waals surface area contributed by atoms with Crippen LogP contribution in [0, 0.1) is 0 Å². The fourth-order valence-corrected chi connectivity index (χ4v) is 1.97. The molecule has 0 saturated carbocycles. The predicted octanol–water partition coefficient (Wildman–Crippen LogP) is 3.06. The van der Waals surface area contributed by atoms with Crippen molar-refractivity contribution in [3.05, 3.63) is 16.8 Å². The molecule has 0 aromatic carbocycles. The fourth-order valence-electron chi connectivity index (χ4n) is 1.66.